The van der Waals surface area contributed by atoms with E-state index in [0.29, 0.717) is 30.1 Å². The molecule has 5 nitrogen and oxygen atoms in total. The van der Waals surface area contributed by atoms with Crippen LogP contribution in [0.1, 0.15) is 17.4 Å². The lowest BCUT2D eigenvalue weighted by molar-refractivity contribution is -0.128. The highest BCUT2D eigenvalue weighted by molar-refractivity contribution is 8.00. The Labute approximate surface area is 210 Å². The second-order valence-corrected chi connectivity index (χ2v) is 9.73. The number of anilines is 1. The summed E-state index contributed by atoms with van der Waals surface area (Å²) in [7, 11) is 1.62. The fourth-order valence-corrected chi connectivity index (χ4v) is 5.74. The summed E-state index contributed by atoms with van der Waals surface area (Å²) in [6.45, 7) is 1.01. The maximum absolute atomic E-state index is 14.4. The average molecular weight is 514 g/mol. The number of hydrogen-bond acceptors (Lipinski definition) is 5. The lowest BCUT2D eigenvalue weighted by atomic mass is 10.1. The molecule has 1 fully saturated rings. The van der Waals surface area contributed by atoms with Crippen molar-refractivity contribution < 1.29 is 18.3 Å². The second kappa shape index (κ2) is 9.87. The van der Waals surface area contributed by atoms with Gasteiger partial charge in [-0.25, -0.2) is 13.8 Å². The number of hydrogen-bond donors (Lipinski definition) is 1. The second-order valence-electron chi connectivity index (χ2n) is 8.23. The van der Waals surface area contributed by atoms with Crippen LogP contribution in [-0.2, 0) is 4.79 Å². The van der Waals surface area contributed by atoms with Crippen LogP contribution in [0.5, 0.6) is 5.75 Å². The first-order valence-electron chi connectivity index (χ1n) is 11.1. The van der Waals surface area contributed by atoms with E-state index in [9.17, 15) is 13.6 Å². The molecular formula is C26H22ClF2N3O2S. The first kappa shape index (κ1) is 23.6. The summed E-state index contributed by atoms with van der Waals surface area (Å²) < 4.78 is 33.1. The fraction of sp³-hybridized carbons (Fsp3) is 0.231. The molecule has 180 valence electrons. The standard InChI is InChI=1S/C26H22ClF2N3O2S/c1-34-17-5-8-22-20(13-17)25(19-6-3-15(27)11-23(19)31-22)30-9-2-10-32-24(33)14-35-26(32)18-7-4-16(28)12-21(18)29/h3-8,11-13,26H,2,9-10,14H2,1H3,(H,30,31). The molecule has 0 saturated carbocycles. The minimum absolute atomic E-state index is 0.0529. The highest BCUT2D eigenvalue weighted by Crippen LogP contribution is 2.40. The van der Waals surface area contributed by atoms with Crippen molar-refractivity contribution in [1.29, 1.82) is 0 Å². The number of methoxy groups -OCH3 is 1. The van der Waals surface area contributed by atoms with Crippen molar-refractivity contribution in [3.05, 3.63) is 76.8 Å². The zero-order valence-corrected chi connectivity index (χ0v) is 20.4. The number of halogens is 3. The number of pyridine rings is 1. The van der Waals surface area contributed by atoms with Crippen molar-refractivity contribution in [2.75, 3.05) is 31.3 Å². The third-order valence-electron chi connectivity index (χ3n) is 6.02. The Morgan fingerprint density at radius 1 is 1.11 bits per heavy atom. The molecule has 0 bridgehead atoms. The van der Waals surface area contributed by atoms with Crippen LogP contribution in [0.4, 0.5) is 14.5 Å². The van der Waals surface area contributed by atoms with Crippen molar-refractivity contribution >= 4 is 56.8 Å². The van der Waals surface area contributed by atoms with Crippen molar-refractivity contribution in [3.8, 4) is 5.75 Å². The van der Waals surface area contributed by atoms with E-state index in [1.807, 2.05) is 36.4 Å². The van der Waals surface area contributed by atoms with Gasteiger partial charge in [0.1, 0.15) is 22.8 Å². The summed E-state index contributed by atoms with van der Waals surface area (Å²) in [5.41, 5.74) is 2.81. The molecule has 1 aliphatic heterocycles. The number of aromatic nitrogens is 1. The molecular weight excluding hydrogens is 492 g/mol. The molecule has 1 atom stereocenters. The molecule has 3 aromatic carbocycles. The predicted octanol–water partition coefficient (Wildman–Crippen LogP) is 6.40. The van der Waals surface area contributed by atoms with Gasteiger partial charge in [-0.3, -0.25) is 4.79 Å². The molecule has 1 amide bonds. The number of rotatable bonds is 7. The van der Waals surface area contributed by atoms with E-state index in [1.54, 1.807) is 12.0 Å². The van der Waals surface area contributed by atoms with Crippen LogP contribution in [-0.4, -0.2) is 41.7 Å². The zero-order valence-electron chi connectivity index (χ0n) is 18.9. The minimum Gasteiger partial charge on any atom is -0.497 e. The first-order chi connectivity index (χ1) is 16.9. The highest BCUT2D eigenvalue weighted by atomic mass is 35.5. The summed E-state index contributed by atoms with van der Waals surface area (Å²) in [5, 5.41) is 5.49. The van der Waals surface area contributed by atoms with Gasteiger partial charge in [0, 0.05) is 40.5 Å². The molecule has 0 radical (unpaired) electrons. The fourth-order valence-electron chi connectivity index (χ4n) is 4.33. The molecule has 2 heterocycles. The maximum Gasteiger partial charge on any atom is 0.233 e. The van der Waals surface area contributed by atoms with Gasteiger partial charge in [-0.15, -0.1) is 11.8 Å². The number of nitrogens with zero attached hydrogens (tertiary/aromatic N) is 2. The molecule has 5 rings (SSSR count). The number of nitrogens with one attached hydrogen (secondary N) is 1. The van der Waals surface area contributed by atoms with Crippen molar-refractivity contribution in [3.63, 3.8) is 0 Å². The molecule has 0 aliphatic carbocycles. The zero-order chi connectivity index (χ0) is 24.5. The summed E-state index contributed by atoms with van der Waals surface area (Å²) in [5.74, 6) is -0.328. The summed E-state index contributed by atoms with van der Waals surface area (Å²) in [6.07, 6.45) is 0.633. The normalized spacial score (nSPS) is 15.8. The highest BCUT2D eigenvalue weighted by Gasteiger charge is 2.34. The van der Waals surface area contributed by atoms with Crippen molar-refractivity contribution in [2.45, 2.75) is 11.8 Å². The van der Waals surface area contributed by atoms with Gasteiger partial charge >= 0.3 is 0 Å². The number of carbonyl (C=O) groups excluding carboxylic acids is 1. The van der Waals surface area contributed by atoms with E-state index in [2.05, 4.69) is 5.32 Å². The Morgan fingerprint density at radius 3 is 2.77 bits per heavy atom. The third-order valence-corrected chi connectivity index (χ3v) is 7.49. The van der Waals surface area contributed by atoms with E-state index < -0.39 is 17.0 Å². The van der Waals surface area contributed by atoms with E-state index in [-0.39, 0.29) is 11.7 Å². The largest absolute Gasteiger partial charge is 0.497 e. The van der Waals surface area contributed by atoms with Crippen LogP contribution < -0.4 is 10.1 Å². The van der Waals surface area contributed by atoms with Crippen molar-refractivity contribution in [2.24, 2.45) is 0 Å². The van der Waals surface area contributed by atoms with Gasteiger partial charge in [0.25, 0.3) is 0 Å². The Morgan fingerprint density at radius 2 is 1.97 bits per heavy atom. The van der Waals surface area contributed by atoms with Crippen LogP contribution >= 0.6 is 23.4 Å². The van der Waals surface area contributed by atoms with Crippen LogP contribution in [0.15, 0.2) is 54.6 Å². The predicted molar refractivity (Wildman–Crippen MR) is 137 cm³/mol. The monoisotopic (exact) mass is 513 g/mol. The molecule has 1 saturated heterocycles. The first-order valence-corrected chi connectivity index (χ1v) is 12.5. The Bertz CT molecular complexity index is 1440. The van der Waals surface area contributed by atoms with Crippen molar-refractivity contribution in [1.82, 2.24) is 9.88 Å². The lowest BCUT2D eigenvalue weighted by Gasteiger charge is -2.25. The minimum atomic E-state index is -0.636. The molecule has 1 aliphatic rings. The van der Waals surface area contributed by atoms with Gasteiger partial charge in [-0.05, 0) is 48.9 Å². The van der Waals surface area contributed by atoms with Gasteiger partial charge in [-0.2, -0.15) is 0 Å². The molecule has 4 aromatic rings. The third kappa shape index (κ3) is 4.73. The Kier molecular flexibility index (Phi) is 6.67. The number of amides is 1. The number of thioether (sulfide) groups is 1. The molecule has 1 unspecified atom stereocenters. The van der Waals surface area contributed by atoms with Gasteiger partial charge in [0.05, 0.1) is 29.6 Å². The SMILES string of the molecule is COc1ccc2nc3cc(Cl)ccc3c(NCCCN3C(=O)CSC3c3ccc(F)cc3F)c2c1. The maximum atomic E-state index is 14.4. The summed E-state index contributed by atoms with van der Waals surface area (Å²) >= 11 is 7.55. The van der Waals surface area contributed by atoms with Crippen LogP contribution in [0, 0.1) is 11.6 Å². The topological polar surface area (TPSA) is 54.5 Å². The van der Waals surface area contributed by atoms with Gasteiger partial charge in [-0.1, -0.05) is 17.7 Å². The molecule has 0 spiro atoms. The van der Waals surface area contributed by atoms with Crippen LogP contribution in [0.3, 0.4) is 0 Å². The van der Waals surface area contributed by atoms with Gasteiger partial charge in [0.15, 0.2) is 0 Å². The summed E-state index contributed by atoms with van der Waals surface area (Å²) in [4.78, 5) is 18.9. The van der Waals surface area contributed by atoms with E-state index in [4.69, 9.17) is 21.3 Å². The lowest BCUT2D eigenvalue weighted by Crippen LogP contribution is -2.30. The molecule has 9 heteroatoms. The Balaban J connectivity index is 1.36. The summed E-state index contributed by atoms with van der Waals surface area (Å²) in [6, 6.07) is 14.8. The van der Waals surface area contributed by atoms with E-state index in [1.165, 1.54) is 23.9 Å². The van der Waals surface area contributed by atoms with Crippen LogP contribution in [0.25, 0.3) is 21.8 Å². The number of carbonyl (C=O) groups is 1. The molecule has 35 heavy (non-hydrogen) atoms. The van der Waals surface area contributed by atoms with Gasteiger partial charge in [0.2, 0.25) is 5.91 Å². The number of fused-ring (bicyclic) bond motifs is 2. The number of benzene rings is 3. The number of ether oxygens (including phenoxy) is 1. The average Bonchev–Trinajstić information content (AvgIpc) is 3.20. The molecule has 1 aromatic heterocycles. The van der Waals surface area contributed by atoms with E-state index in [0.717, 1.165) is 39.3 Å². The quantitative estimate of drug-likeness (QED) is 0.229. The Hall–Kier alpha value is -3.10. The smallest absolute Gasteiger partial charge is 0.233 e. The van der Waals surface area contributed by atoms with Crippen LogP contribution in [0.2, 0.25) is 5.02 Å². The van der Waals surface area contributed by atoms with Gasteiger partial charge < -0.3 is 15.0 Å². The molecule has 1 N–H and O–H groups in total. The van der Waals surface area contributed by atoms with E-state index >= 15 is 0 Å².